The van der Waals surface area contributed by atoms with Gasteiger partial charge in [-0.3, -0.25) is 4.79 Å². The quantitative estimate of drug-likeness (QED) is 0.927. The van der Waals surface area contributed by atoms with Gasteiger partial charge in [-0.05, 0) is 54.5 Å². The van der Waals surface area contributed by atoms with Gasteiger partial charge >= 0.3 is 0 Å². The number of benzene rings is 1. The van der Waals surface area contributed by atoms with Crippen LogP contribution in [0.3, 0.4) is 0 Å². The summed E-state index contributed by atoms with van der Waals surface area (Å²) in [5.41, 5.74) is 0.735. The van der Waals surface area contributed by atoms with Crippen molar-refractivity contribution in [2.24, 2.45) is 5.92 Å². The van der Waals surface area contributed by atoms with E-state index in [2.05, 4.69) is 21.2 Å². The van der Waals surface area contributed by atoms with E-state index in [1.54, 1.807) is 0 Å². The Balaban J connectivity index is 1.82. The van der Waals surface area contributed by atoms with E-state index in [-0.39, 0.29) is 5.91 Å². The fourth-order valence-corrected chi connectivity index (χ4v) is 3.36. The van der Waals surface area contributed by atoms with Crippen molar-refractivity contribution < 1.29 is 4.79 Å². The van der Waals surface area contributed by atoms with Crippen LogP contribution < -0.4 is 5.32 Å². The first kappa shape index (κ1) is 13.0. The fourth-order valence-electron chi connectivity index (χ4n) is 1.89. The smallest absolute Gasteiger partial charge is 0.251 e. The molecular weight excluding hydrogens is 298 g/mol. The lowest BCUT2D eigenvalue weighted by Gasteiger charge is -2.21. The molecule has 1 saturated heterocycles. The second-order valence-electron chi connectivity index (χ2n) is 4.27. The van der Waals surface area contributed by atoms with E-state index in [1.165, 1.54) is 24.3 Å². The van der Waals surface area contributed by atoms with Gasteiger partial charge in [0.15, 0.2) is 0 Å². The highest BCUT2D eigenvalue weighted by Crippen LogP contribution is 2.22. The Labute approximate surface area is 115 Å². The Morgan fingerprint density at radius 1 is 1.29 bits per heavy atom. The Morgan fingerprint density at radius 2 is 1.94 bits per heavy atom. The summed E-state index contributed by atoms with van der Waals surface area (Å²) >= 11 is 5.38. The normalized spacial score (nSPS) is 16.8. The van der Waals surface area contributed by atoms with Gasteiger partial charge < -0.3 is 5.32 Å². The highest BCUT2D eigenvalue weighted by Gasteiger charge is 2.14. The monoisotopic (exact) mass is 313 g/mol. The number of amides is 1. The van der Waals surface area contributed by atoms with Crippen LogP contribution in [0.2, 0.25) is 0 Å². The largest absolute Gasteiger partial charge is 0.352 e. The van der Waals surface area contributed by atoms with E-state index in [4.69, 9.17) is 0 Å². The van der Waals surface area contributed by atoms with Gasteiger partial charge in [0.2, 0.25) is 0 Å². The van der Waals surface area contributed by atoms with Crippen molar-refractivity contribution >= 4 is 33.6 Å². The van der Waals surface area contributed by atoms with Gasteiger partial charge in [-0.25, -0.2) is 0 Å². The molecule has 0 aliphatic carbocycles. The molecule has 0 unspecified atom stereocenters. The summed E-state index contributed by atoms with van der Waals surface area (Å²) in [6, 6.07) is 7.48. The standard InChI is InChI=1S/C13H16BrNOS/c14-12-3-1-11(2-4-12)13(16)15-9-10-5-7-17-8-6-10/h1-4,10H,5-9H2,(H,15,16). The number of halogens is 1. The molecule has 4 heteroatoms. The minimum atomic E-state index is 0.0377. The molecule has 1 aliphatic rings. The molecule has 17 heavy (non-hydrogen) atoms. The lowest BCUT2D eigenvalue weighted by Crippen LogP contribution is -2.30. The maximum Gasteiger partial charge on any atom is 0.251 e. The first-order valence-corrected chi connectivity index (χ1v) is 7.82. The zero-order valence-electron chi connectivity index (χ0n) is 9.62. The average molecular weight is 314 g/mol. The first-order valence-electron chi connectivity index (χ1n) is 5.87. The zero-order valence-corrected chi connectivity index (χ0v) is 12.0. The predicted octanol–water partition coefficient (Wildman–Crippen LogP) is 3.32. The van der Waals surface area contributed by atoms with Gasteiger partial charge in [-0.15, -0.1) is 0 Å². The van der Waals surface area contributed by atoms with Crippen LogP contribution in [0.25, 0.3) is 0 Å². The molecule has 0 spiro atoms. The molecule has 0 saturated carbocycles. The molecule has 92 valence electrons. The predicted molar refractivity (Wildman–Crippen MR) is 76.5 cm³/mol. The molecule has 1 aliphatic heterocycles. The third kappa shape index (κ3) is 4.03. The zero-order chi connectivity index (χ0) is 12.1. The fraction of sp³-hybridized carbons (Fsp3) is 0.462. The lowest BCUT2D eigenvalue weighted by atomic mass is 10.0. The third-order valence-corrected chi connectivity index (χ3v) is 4.58. The molecule has 0 atom stereocenters. The number of carbonyl (C=O) groups is 1. The topological polar surface area (TPSA) is 29.1 Å². The Morgan fingerprint density at radius 3 is 2.59 bits per heavy atom. The highest BCUT2D eigenvalue weighted by atomic mass is 79.9. The van der Waals surface area contributed by atoms with Crippen molar-refractivity contribution in [2.75, 3.05) is 18.1 Å². The molecule has 1 heterocycles. The second kappa shape index (κ2) is 6.45. The van der Waals surface area contributed by atoms with Crippen LogP contribution in [0.1, 0.15) is 23.2 Å². The van der Waals surface area contributed by atoms with Crippen molar-refractivity contribution in [1.82, 2.24) is 5.32 Å². The van der Waals surface area contributed by atoms with Crippen LogP contribution in [-0.4, -0.2) is 24.0 Å². The molecule has 1 fully saturated rings. The number of carbonyl (C=O) groups excluding carboxylic acids is 1. The van der Waals surface area contributed by atoms with E-state index in [1.807, 2.05) is 36.0 Å². The van der Waals surface area contributed by atoms with Gasteiger partial charge in [0.25, 0.3) is 5.91 Å². The molecule has 1 aromatic rings. The van der Waals surface area contributed by atoms with Crippen LogP contribution in [0.5, 0.6) is 0 Å². The minimum Gasteiger partial charge on any atom is -0.352 e. The Hall–Kier alpha value is -0.480. The molecule has 2 nitrogen and oxygen atoms in total. The van der Waals surface area contributed by atoms with Crippen molar-refractivity contribution in [2.45, 2.75) is 12.8 Å². The molecule has 0 aromatic heterocycles. The number of thioether (sulfide) groups is 1. The maximum atomic E-state index is 11.9. The van der Waals surface area contributed by atoms with E-state index < -0.39 is 0 Å². The summed E-state index contributed by atoms with van der Waals surface area (Å²) in [6.45, 7) is 0.815. The van der Waals surface area contributed by atoms with Crippen LogP contribution in [0.15, 0.2) is 28.7 Å². The summed E-state index contributed by atoms with van der Waals surface area (Å²) in [7, 11) is 0. The summed E-state index contributed by atoms with van der Waals surface area (Å²) in [5.74, 6) is 3.17. The van der Waals surface area contributed by atoms with Crippen LogP contribution in [-0.2, 0) is 0 Å². The summed E-state index contributed by atoms with van der Waals surface area (Å²) in [4.78, 5) is 11.9. The van der Waals surface area contributed by atoms with E-state index in [9.17, 15) is 4.79 Å². The van der Waals surface area contributed by atoms with Crippen molar-refractivity contribution in [1.29, 1.82) is 0 Å². The SMILES string of the molecule is O=C(NCC1CCSCC1)c1ccc(Br)cc1. The molecule has 2 rings (SSSR count). The van der Waals surface area contributed by atoms with Crippen LogP contribution in [0.4, 0.5) is 0 Å². The molecule has 0 radical (unpaired) electrons. The maximum absolute atomic E-state index is 11.9. The average Bonchev–Trinajstić information content (AvgIpc) is 2.38. The second-order valence-corrected chi connectivity index (χ2v) is 6.41. The number of rotatable bonds is 3. The molecule has 0 bridgehead atoms. The van der Waals surface area contributed by atoms with Crippen molar-refractivity contribution in [3.8, 4) is 0 Å². The Kier molecular flexibility index (Phi) is 4.92. The van der Waals surface area contributed by atoms with Crippen molar-refractivity contribution in [3.63, 3.8) is 0 Å². The minimum absolute atomic E-state index is 0.0377. The van der Waals surface area contributed by atoms with Gasteiger partial charge in [-0.1, -0.05) is 15.9 Å². The number of hydrogen-bond acceptors (Lipinski definition) is 2. The molecule has 1 aromatic carbocycles. The lowest BCUT2D eigenvalue weighted by molar-refractivity contribution is 0.0946. The highest BCUT2D eigenvalue weighted by molar-refractivity contribution is 9.10. The van der Waals surface area contributed by atoms with Gasteiger partial charge in [0.05, 0.1) is 0 Å². The van der Waals surface area contributed by atoms with E-state index in [0.717, 1.165) is 16.6 Å². The van der Waals surface area contributed by atoms with E-state index >= 15 is 0 Å². The third-order valence-electron chi connectivity index (χ3n) is 3.00. The van der Waals surface area contributed by atoms with Crippen LogP contribution >= 0.6 is 27.7 Å². The molecule has 1 amide bonds. The van der Waals surface area contributed by atoms with Gasteiger partial charge in [0, 0.05) is 16.6 Å². The summed E-state index contributed by atoms with van der Waals surface area (Å²) < 4.78 is 0.998. The first-order chi connectivity index (χ1) is 8.25. The number of hydrogen-bond donors (Lipinski definition) is 1. The Bertz CT molecular complexity index is 374. The summed E-state index contributed by atoms with van der Waals surface area (Å²) in [5, 5.41) is 3.02. The molecular formula is C13H16BrNOS. The number of nitrogens with one attached hydrogen (secondary N) is 1. The van der Waals surface area contributed by atoms with E-state index in [0.29, 0.717) is 5.92 Å². The van der Waals surface area contributed by atoms with Gasteiger partial charge in [0.1, 0.15) is 0 Å². The van der Waals surface area contributed by atoms with Gasteiger partial charge in [-0.2, -0.15) is 11.8 Å². The molecule has 1 N–H and O–H groups in total. The van der Waals surface area contributed by atoms with Crippen molar-refractivity contribution in [3.05, 3.63) is 34.3 Å². The van der Waals surface area contributed by atoms with Crippen LogP contribution in [0, 0.1) is 5.92 Å². The summed E-state index contributed by atoms with van der Waals surface area (Å²) in [6.07, 6.45) is 2.45.